The van der Waals surface area contributed by atoms with Gasteiger partial charge in [-0.25, -0.2) is 27.3 Å². The number of hydrogen-bond acceptors (Lipinski definition) is 5. The van der Waals surface area contributed by atoms with Gasteiger partial charge in [-0.1, -0.05) is 23.7 Å². The van der Waals surface area contributed by atoms with E-state index in [2.05, 4.69) is 10.3 Å². The average molecular weight is 507 g/mol. The number of carbonyl (C=O) groups excluding carboxylic acids is 1. The molecule has 1 fully saturated rings. The molecule has 0 aliphatic carbocycles. The Hall–Kier alpha value is -3.08. The highest BCUT2D eigenvalue weighted by molar-refractivity contribution is 7.89. The van der Waals surface area contributed by atoms with E-state index in [9.17, 15) is 22.0 Å². The summed E-state index contributed by atoms with van der Waals surface area (Å²) < 4.78 is 50.3. The van der Waals surface area contributed by atoms with Gasteiger partial charge in [0.05, 0.1) is 22.0 Å². The Balaban J connectivity index is 1.58. The summed E-state index contributed by atoms with van der Waals surface area (Å²) in [6.07, 6.45) is 2.52. The highest BCUT2D eigenvalue weighted by atomic mass is 35.5. The maximum Gasteiger partial charge on any atom is 0.257 e. The van der Waals surface area contributed by atoms with Gasteiger partial charge >= 0.3 is 0 Å². The van der Waals surface area contributed by atoms with E-state index < -0.39 is 20.9 Å². The molecule has 2 heterocycles. The lowest BCUT2D eigenvalue weighted by atomic mass is 9.89. The molecule has 0 radical (unpaired) electrons. The second-order valence-corrected chi connectivity index (χ2v) is 9.90. The molecule has 1 saturated heterocycles. The molecule has 1 aliphatic rings. The van der Waals surface area contributed by atoms with Crippen LogP contribution >= 0.6 is 11.6 Å². The number of piperidine rings is 1. The molecule has 1 aliphatic heterocycles. The third-order valence-corrected chi connectivity index (χ3v) is 6.84. The smallest absolute Gasteiger partial charge is 0.257 e. The fourth-order valence-corrected chi connectivity index (χ4v) is 4.62. The second-order valence-electron chi connectivity index (χ2n) is 7.98. The van der Waals surface area contributed by atoms with Crippen LogP contribution in [-0.4, -0.2) is 37.3 Å². The molecule has 0 atom stereocenters. The van der Waals surface area contributed by atoms with Crippen LogP contribution in [0.25, 0.3) is 0 Å². The molecule has 3 N–H and O–H groups in total. The van der Waals surface area contributed by atoms with Crippen molar-refractivity contribution in [2.24, 2.45) is 5.14 Å². The molecular weight excluding hydrogens is 486 g/mol. The Kier molecular flexibility index (Phi) is 6.83. The predicted octanol–water partition coefficient (Wildman–Crippen LogP) is 4.42. The summed E-state index contributed by atoms with van der Waals surface area (Å²) in [6.45, 7) is 0.906. The molecule has 0 bridgehead atoms. The number of benzene rings is 2. The van der Waals surface area contributed by atoms with E-state index in [0.29, 0.717) is 25.9 Å². The molecule has 4 rings (SSSR count). The van der Waals surface area contributed by atoms with Gasteiger partial charge in [-0.2, -0.15) is 0 Å². The van der Waals surface area contributed by atoms with Gasteiger partial charge in [0, 0.05) is 25.4 Å². The van der Waals surface area contributed by atoms with Crippen LogP contribution in [0.5, 0.6) is 0 Å². The maximum atomic E-state index is 13.4. The Morgan fingerprint density at radius 3 is 2.29 bits per heavy atom. The van der Waals surface area contributed by atoms with Crippen LogP contribution in [0.2, 0.25) is 5.02 Å². The van der Waals surface area contributed by atoms with Crippen molar-refractivity contribution in [2.45, 2.75) is 23.8 Å². The molecule has 11 heteroatoms. The van der Waals surface area contributed by atoms with Crippen LogP contribution in [-0.2, 0) is 10.0 Å². The molecule has 7 nitrogen and oxygen atoms in total. The van der Waals surface area contributed by atoms with Gasteiger partial charge in [0.15, 0.2) is 5.03 Å². The molecule has 0 spiro atoms. The Labute approximate surface area is 200 Å². The zero-order valence-corrected chi connectivity index (χ0v) is 19.4. The van der Waals surface area contributed by atoms with Crippen molar-refractivity contribution in [1.29, 1.82) is 0 Å². The third-order valence-electron chi connectivity index (χ3n) is 5.72. The highest BCUT2D eigenvalue weighted by Gasteiger charge is 2.27. The van der Waals surface area contributed by atoms with Crippen molar-refractivity contribution < 1.29 is 22.0 Å². The normalized spacial score (nSPS) is 14.8. The molecule has 0 unspecified atom stereocenters. The van der Waals surface area contributed by atoms with E-state index in [1.54, 1.807) is 17.0 Å². The zero-order valence-electron chi connectivity index (χ0n) is 17.8. The minimum Gasteiger partial charge on any atom is -0.354 e. The number of aromatic nitrogens is 1. The van der Waals surface area contributed by atoms with E-state index in [4.69, 9.17) is 16.7 Å². The average Bonchev–Trinajstić information content (AvgIpc) is 2.80. The second kappa shape index (κ2) is 9.65. The summed E-state index contributed by atoms with van der Waals surface area (Å²) in [6, 6.07) is 11.1. The summed E-state index contributed by atoms with van der Waals surface area (Å²) in [5.41, 5.74) is 1.53. The number of rotatable bonds is 5. The van der Waals surface area contributed by atoms with Gasteiger partial charge in [-0.05, 0) is 54.7 Å². The van der Waals surface area contributed by atoms with E-state index in [1.807, 2.05) is 0 Å². The number of likely N-dealkylation sites (tertiary alicyclic amines) is 1. The fourth-order valence-electron chi connectivity index (χ4n) is 3.92. The van der Waals surface area contributed by atoms with Crippen molar-refractivity contribution >= 4 is 38.9 Å². The number of primary sulfonamides is 1. The minimum atomic E-state index is -4.14. The Morgan fingerprint density at radius 2 is 1.68 bits per heavy atom. The monoisotopic (exact) mass is 506 g/mol. The molecule has 1 amide bonds. The molecular formula is C23H21ClF2N4O3S. The highest BCUT2D eigenvalue weighted by Crippen LogP contribution is 2.32. The van der Waals surface area contributed by atoms with Crippen LogP contribution in [0.15, 0.2) is 59.8 Å². The molecule has 3 aromatic rings. The van der Waals surface area contributed by atoms with Crippen LogP contribution < -0.4 is 10.5 Å². The van der Waals surface area contributed by atoms with Gasteiger partial charge < -0.3 is 10.2 Å². The predicted molar refractivity (Wildman–Crippen MR) is 125 cm³/mol. The first-order chi connectivity index (χ1) is 16.1. The number of sulfonamides is 1. The maximum absolute atomic E-state index is 13.4. The number of nitrogens with two attached hydrogens (primary N) is 1. The number of nitrogens with zero attached hydrogens (tertiary/aromatic N) is 2. The van der Waals surface area contributed by atoms with Gasteiger partial charge in [-0.15, -0.1) is 0 Å². The van der Waals surface area contributed by atoms with Crippen LogP contribution in [0.3, 0.4) is 0 Å². The number of nitrogens with one attached hydrogen (secondary N) is 1. The van der Waals surface area contributed by atoms with Gasteiger partial charge in [0.2, 0.25) is 0 Å². The van der Waals surface area contributed by atoms with Crippen molar-refractivity contribution in [3.05, 3.63) is 82.5 Å². The summed E-state index contributed by atoms with van der Waals surface area (Å²) >= 11 is 6.09. The van der Waals surface area contributed by atoms with Gasteiger partial charge in [0.1, 0.15) is 11.6 Å². The number of halogens is 3. The third kappa shape index (κ3) is 5.35. The molecule has 34 heavy (non-hydrogen) atoms. The molecule has 178 valence electrons. The number of hydrogen-bond donors (Lipinski definition) is 2. The van der Waals surface area contributed by atoms with Crippen molar-refractivity contribution in [3.63, 3.8) is 0 Å². The number of carbonyl (C=O) groups is 1. The Morgan fingerprint density at radius 1 is 1.03 bits per heavy atom. The quantitative estimate of drug-likeness (QED) is 0.532. The van der Waals surface area contributed by atoms with Crippen molar-refractivity contribution in [1.82, 2.24) is 9.88 Å². The first-order valence-corrected chi connectivity index (χ1v) is 12.3. The molecule has 0 saturated carbocycles. The lowest BCUT2D eigenvalue weighted by Crippen LogP contribution is -2.38. The van der Waals surface area contributed by atoms with Crippen molar-refractivity contribution in [2.75, 3.05) is 18.4 Å². The van der Waals surface area contributed by atoms with Crippen LogP contribution in [0.4, 0.5) is 20.2 Å². The topological polar surface area (TPSA) is 105 Å². The van der Waals surface area contributed by atoms with E-state index in [1.165, 1.54) is 24.3 Å². The summed E-state index contributed by atoms with van der Waals surface area (Å²) in [5, 5.41) is 7.72. The summed E-state index contributed by atoms with van der Waals surface area (Å²) in [4.78, 5) is 18.8. The first-order valence-electron chi connectivity index (χ1n) is 10.4. The minimum absolute atomic E-state index is 0.0486. The molecule has 2 aromatic carbocycles. The van der Waals surface area contributed by atoms with Gasteiger partial charge in [0.25, 0.3) is 15.9 Å². The van der Waals surface area contributed by atoms with Gasteiger partial charge in [-0.3, -0.25) is 4.79 Å². The van der Waals surface area contributed by atoms with E-state index in [0.717, 1.165) is 23.9 Å². The fraction of sp³-hybridized carbons (Fsp3) is 0.217. The molecule has 1 aromatic heterocycles. The zero-order chi connectivity index (χ0) is 24.5. The lowest BCUT2D eigenvalue weighted by Gasteiger charge is -2.32. The first kappa shape index (κ1) is 24.1. The lowest BCUT2D eigenvalue weighted by molar-refractivity contribution is 0.0713. The SMILES string of the molecule is NS(=O)(=O)c1cc(Nc2ccc(F)cc2Cl)c(C(=O)N2CCC(c3ccc(F)cc3)CC2)cn1. The Bertz CT molecular complexity index is 1330. The van der Waals surface area contributed by atoms with E-state index >= 15 is 0 Å². The number of pyridine rings is 1. The summed E-state index contributed by atoms with van der Waals surface area (Å²) in [7, 11) is -4.14. The standard InChI is InChI=1S/C23H21ClF2N4O3S/c24-19-11-17(26)5-6-20(19)29-21-12-22(34(27,32)33)28-13-18(21)23(31)30-9-7-15(8-10-30)14-1-3-16(25)4-2-14/h1-6,11-13,15H,7-10H2,(H,28,29)(H2,27,32,33). The largest absolute Gasteiger partial charge is 0.354 e. The van der Waals surface area contributed by atoms with Crippen LogP contribution in [0, 0.1) is 11.6 Å². The number of anilines is 2. The van der Waals surface area contributed by atoms with Crippen molar-refractivity contribution in [3.8, 4) is 0 Å². The summed E-state index contributed by atoms with van der Waals surface area (Å²) in [5.74, 6) is -1.00. The van der Waals surface area contributed by atoms with Crippen LogP contribution in [0.1, 0.15) is 34.7 Å². The van der Waals surface area contributed by atoms with E-state index in [-0.39, 0.29) is 39.6 Å². The number of amides is 1.